The third-order valence-corrected chi connectivity index (χ3v) is 3.10. The Balaban J connectivity index is 3.57. The second kappa shape index (κ2) is 5.15. The maximum Gasteiger partial charge on any atom is 0.145 e. The summed E-state index contributed by atoms with van der Waals surface area (Å²) in [6.45, 7) is 11.9. The van der Waals surface area contributed by atoms with Gasteiger partial charge in [-0.15, -0.1) is 0 Å². The van der Waals surface area contributed by atoms with Crippen LogP contribution in [0.3, 0.4) is 0 Å². The molecule has 1 heterocycles. The fourth-order valence-electron chi connectivity index (χ4n) is 2.34. The van der Waals surface area contributed by atoms with Gasteiger partial charge in [-0.3, -0.25) is 4.48 Å². The van der Waals surface area contributed by atoms with Crippen LogP contribution in [0.25, 0.3) is 0 Å². The molecule has 0 aromatic rings. The minimum Gasteiger partial charge on any atom is -0.263 e. The van der Waals surface area contributed by atoms with Crippen molar-refractivity contribution in [3.05, 3.63) is 72.2 Å². The first-order valence-corrected chi connectivity index (χ1v) is 5.88. The summed E-state index contributed by atoms with van der Waals surface area (Å²) >= 11 is 0. The Hall–Kier alpha value is -1.60. The molecule has 0 bridgehead atoms. The van der Waals surface area contributed by atoms with Gasteiger partial charge in [0.2, 0.25) is 0 Å². The van der Waals surface area contributed by atoms with Crippen molar-refractivity contribution in [3.8, 4) is 0 Å². The molecule has 1 aliphatic heterocycles. The summed E-state index contributed by atoms with van der Waals surface area (Å²) in [4.78, 5) is 0. The lowest BCUT2D eigenvalue weighted by Crippen LogP contribution is -2.34. The summed E-state index contributed by atoms with van der Waals surface area (Å²) in [6, 6.07) is 0. The van der Waals surface area contributed by atoms with E-state index in [9.17, 15) is 0 Å². The monoisotopic (exact) mass is 228 g/mol. The van der Waals surface area contributed by atoms with E-state index in [1.807, 2.05) is 26.0 Å². The highest BCUT2D eigenvalue weighted by Gasteiger charge is 2.36. The van der Waals surface area contributed by atoms with Crippen LogP contribution in [-0.4, -0.2) is 18.6 Å². The van der Waals surface area contributed by atoms with Gasteiger partial charge in [-0.2, -0.15) is 0 Å². The van der Waals surface area contributed by atoms with Gasteiger partial charge in [0.25, 0.3) is 0 Å². The Morgan fingerprint density at radius 3 is 1.82 bits per heavy atom. The van der Waals surface area contributed by atoms with Crippen molar-refractivity contribution in [2.45, 2.75) is 13.8 Å². The zero-order valence-corrected chi connectivity index (χ0v) is 11.3. The first-order valence-electron chi connectivity index (χ1n) is 5.88. The second-order valence-corrected chi connectivity index (χ2v) is 4.46. The Labute approximate surface area is 105 Å². The van der Waals surface area contributed by atoms with Gasteiger partial charge in [0.05, 0.1) is 14.1 Å². The predicted octanol–water partition coefficient (Wildman–Crippen LogP) is 4.11. The molecule has 0 atom stereocenters. The molecule has 1 heteroatoms. The molecule has 0 spiro atoms. The van der Waals surface area contributed by atoms with Crippen molar-refractivity contribution in [1.29, 1.82) is 0 Å². The first kappa shape index (κ1) is 13.5. The first-order chi connectivity index (χ1) is 8.04. The van der Waals surface area contributed by atoms with E-state index in [-0.39, 0.29) is 0 Å². The van der Waals surface area contributed by atoms with Crippen LogP contribution in [-0.2, 0) is 0 Å². The Bertz CT molecular complexity index is 454. The van der Waals surface area contributed by atoms with E-state index >= 15 is 0 Å². The summed E-state index contributed by atoms with van der Waals surface area (Å²) in [5.74, 6) is 0. The number of hydrogen-bond donors (Lipinski definition) is 0. The van der Waals surface area contributed by atoms with Crippen molar-refractivity contribution < 1.29 is 4.48 Å². The topological polar surface area (TPSA) is 0 Å². The molecule has 0 saturated heterocycles. The van der Waals surface area contributed by atoms with Gasteiger partial charge in [0.1, 0.15) is 11.4 Å². The van der Waals surface area contributed by atoms with Crippen LogP contribution < -0.4 is 0 Å². The predicted molar refractivity (Wildman–Crippen MR) is 76.2 cm³/mol. The van der Waals surface area contributed by atoms with E-state index < -0.39 is 0 Å². The van der Waals surface area contributed by atoms with Gasteiger partial charge in [0.15, 0.2) is 0 Å². The number of allylic oxidation sites excluding steroid dienone is 8. The largest absolute Gasteiger partial charge is 0.263 e. The van der Waals surface area contributed by atoms with E-state index in [4.69, 9.17) is 0 Å². The van der Waals surface area contributed by atoms with E-state index in [1.54, 1.807) is 0 Å². The molecule has 0 aromatic carbocycles. The van der Waals surface area contributed by atoms with E-state index in [1.165, 1.54) is 22.5 Å². The Morgan fingerprint density at radius 2 is 1.41 bits per heavy atom. The normalized spacial score (nSPS) is 19.8. The SMILES string of the molecule is C=CC1=C(/C=C\C)[N+](C)(C)C(C=C)=C1/C=C\C. The molecule has 0 aromatic heterocycles. The number of nitrogens with zero attached hydrogens (tertiary/aromatic N) is 1. The standard InChI is InChI=1S/C16H22N/c1-7-11-14-13(9-3)16(12-8-2)17(5,6)15(14)10-4/h7-12H,3-4H2,1-2,5-6H3/q+1/b11-7-,12-8-. The molecule has 0 fully saturated rings. The molecule has 0 saturated carbocycles. The van der Waals surface area contributed by atoms with Gasteiger partial charge < -0.3 is 0 Å². The average Bonchev–Trinajstić information content (AvgIpc) is 2.48. The van der Waals surface area contributed by atoms with Gasteiger partial charge in [-0.05, 0) is 26.0 Å². The number of likely N-dealkylation sites (N-methyl/N-ethyl adjacent to an activating group) is 1. The molecule has 1 nitrogen and oxygen atoms in total. The molecule has 0 radical (unpaired) electrons. The number of hydrogen-bond acceptors (Lipinski definition) is 0. The fraction of sp³-hybridized carbons (Fsp3) is 0.250. The van der Waals surface area contributed by atoms with Gasteiger partial charge in [-0.1, -0.05) is 37.5 Å². The highest BCUT2D eigenvalue weighted by molar-refractivity contribution is 5.56. The van der Waals surface area contributed by atoms with Crippen LogP contribution in [0.15, 0.2) is 72.2 Å². The zero-order valence-electron chi connectivity index (χ0n) is 11.3. The van der Waals surface area contributed by atoms with Gasteiger partial charge in [-0.25, -0.2) is 0 Å². The van der Waals surface area contributed by atoms with E-state index in [0.717, 1.165) is 4.48 Å². The molecule has 0 unspecified atom stereocenters. The van der Waals surface area contributed by atoms with Crippen LogP contribution in [0, 0.1) is 0 Å². The third kappa shape index (κ3) is 2.11. The van der Waals surface area contributed by atoms with Crippen molar-refractivity contribution >= 4 is 0 Å². The molecule has 90 valence electrons. The second-order valence-electron chi connectivity index (χ2n) is 4.46. The summed E-state index contributed by atoms with van der Waals surface area (Å²) < 4.78 is 0.717. The Kier molecular flexibility index (Phi) is 4.08. The lowest BCUT2D eigenvalue weighted by Gasteiger charge is -2.27. The summed E-state index contributed by atoms with van der Waals surface area (Å²) in [6.07, 6.45) is 12.3. The third-order valence-electron chi connectivity index (χ3n) is 3.10. The lowest BCUT2D eigenvalue weighted by atomic mass is 10.0. The Morgan fingerprint density at radius 1 is 0.824 bits per heavy atom. The minimum absolute atomic E-state index is 0.717. The lowest BCUT2D eigenvalue weighted by molar-refractivity contribution is -0.804. The molecule has 0 amide bonds. The van der Waals surface area contributed by atoms with Crippen LogP contribution >= 0.6 is 0 Å². The maximum absolute atomic E-state index is 3.94. The molecule has 1 aliphatic rings. The zero-order chi connectivity index (χ0) is 13.1. The van der Waals surface area contributed by atoms with Crippen LogP contribution in [0.5, 0.6) is 0 Å². The highest BCUT2D eigenvalue weighted by atomic mass is 15.3. The highest BCUT2D eigenvalue weighted by Crippen LogP contribution is 2.39. The number of rotatable bonds is 4. The summed E-state index contributed by atoms with van der Waals surface area (Å²) in [5.41, 5.74) is 4.88. The van der Waals surface area contributed by atoms with Crippen molar-refractivity contribution in [2.24, 2.45) is 0 Å². The van der Waals surface area contributed by atoms with Crippen LogP contribution in [0.1, 0.15) is 13.8 Å². The van der Waals surface area contributed by atoms with Gasteiger partial charge in [0, 0.05) is 11.1 Å². The maximum atomic E-state index is 3.94. The quantitative estimate of drug-likeness (QED) is 0.635. The smallest absolute Gasteiger partial charge is 0.145 e. The molecular weight excluding hydrogens is 206 g/mol. The molecule has 0 N–H and O–H groups in total. The van der Waals surface area contributed by atoms with Crippen molar-refractivity contribution in [3.63, 3.8) is 0 Å². The van der Waals surface area contributed by atoms with Crippen LogP contribution in [0.2, 0.25) is 0 Å². The van der Waals surface area contributed by atoms with E-state index in [0.29, 0.717) is 0 Å². The fourth-order valence-corrected chi connectivity index (χ4v) is 2.34. The molecule has 1 rings (SSSR count). The van der Waals surface area contributed by atoms with Gasteiger partial charge >= 0.3 is 0 Å². The minimum atomic E-state index is 0.717. The summed E-state index contributed by atoms with van der Waals surface area (Å²) in [5, 5.41) is 0. The van der Waals surface area contributed by atoms with Crippen molar-refractivity contribution in [2.75, 3.05) is 14.1 Å². The molecule has 0 aliphatic carbocycles. The molecule has 17 heavy (non-hydrogen) atoms. The van der Waals surface area contributed by atoms with Crippen molar-refractivity contribution in [1.82, 2.24) is 0 Å². The molecular formula is C16H22N+. The average molecular weight is 228 g/mol. The summed E-state index contributed by atoms with van der Waals surface area (Å²) in [7, 11) is 4.35. The van der Waals surface area contributed by atoms with Crippen LogP contribution in [0.4, 0.5) is 0 Å². The number of quaternary nitrogens is 1. The van der Waals surface area contributed by atoms with E-state index in [2.05, 4.69) is 51.6 Å².